The quantitative estimate of drug-likeness (QED) is 0.331. The predicted octanol–water partition coefficient (Wildman–Crippen LogP) is 2.10. The average molecular weight is 436 g/mol. The highest BCUT2D eigenvalue weighted by molar-refractivity contribution is 6.21. The van der Waals surface area contributed by atoms with Crippen LogP contribution in [0.4, 0.5) is 25.8 Å². The molecule has 0 spiro atoms. The first-order valence-corrected chi connectivity index (χ1v) is 8.80. The van der Waals surface area contributed by atoms with Gasteiger partial charge in [0.15, 0.2) is 5.82 Å². The van der Waals surface area contributed by atoms with Crippen LogP contribution in [0.3, 0.4) is 0 Å². The van der Waals surface area contributed by atoms with Gasteiger partial charge in [0, 0.05) is 18.3 Å². The fourth-order valence-electron chi connectivity index (χ4n) is 2.61. The van der Waals surface area contributed by atoms with Crippen molar-refractivity contribution in [3.05, 3.63) is 62.8 Å². The molecule has 2 aromatic heterocycles. The second-order valence-corrected chi connectivity index (χ2v) is 6.69. The topological polar surface area (TPSA) is 128 Å². The SMILES string of the molecule is Cn1cnc(CNc2c(Nc3ccc(-c4noc(C(F)(F)Cl)n4)cc3)c(=O)c2=O)n1. The molecule has 4 rings (SSSR count). The minimum atomic E-state index is -3.76. The lowest BCUT2D eigenvalue weighted by molar-refractivity contribution is 0.0551. The molecule has 0 saturated heterocycles. The molecule has 0 aliphatic carbocycles. The van der Waals surface area contributed by atoms with E-state index in [4.69, 9.17) is 11.6 Å². The molecule has 0 fully saturated rings. The molecular formula is C17H12ClF2N7O3. The number of nitrogens with zero attached hydrogens (tertiary/aromatic N) is 5. The number of aryl methyl sites for hydroxylation is 1. The second-order valence-electron chi connectivity index (χ2n) is 6.22. The number of alkyl halides is 3. The molecule has 10 nitrogen and oxygen atoms in total. The van der Waals surface area contributed by atoms with E-state index in [9.17, 15) is 18.4 Å². The van der Waals surface area contributed by atoms with E-state index in [0.29, 0.717) is 17.1 Å². The Hall–Kier alpha value is -3.67. The van der Waals surface area contributed by atoms with Crippen LogP contribution in [0, 0.1) is 0 Å². The van der Waals surface area contributed by atoms with Crippen LogP contribution in [0.1, 0.15) is 11.7 Å². The number of anilines is 3. The van der Waals surface area contributed by atoms with Crippen molar-refractivity contribution in [2.24, 2.45) is 7.05 Å². The molecule has 0 amide bonds. The highest BCUT2D eigenvalue weighted by Gasteiger charge is 2.35. The second kappa shape index (κ2) is 7.30. The van der Waals surface area contributed by atoms with Crippen molar-refractivity contribution in [1.29, 1.82) is 0 Å². The summed E-state index contributed by atoms with van der Waals surface area (Å²) in [6.07, 6.45) is 1.51. The van der Waals surface area contributed by atoms with Crippen molar-refractivity contribution in [2.45, 2.75) is 11.9 Å². The Balaban J connectivity index is 1.47. The van der Waals surface area contributed by atoms with Gasteiger partial charge in [0.2, 0.25) is 5.82 Å². The largest absolute Gasteiger partial charge is 0.400 e. The Bertz CT molecular complexity index is 1270. The van der Waals surface area contributed by atoms with E-state index in [1.165, 1.54) is 23.1 Å². The van der Waals surface area contributed by atoms with Crippen molar-refractivity contribution in [1.82, 2.24) is 24.9 Å². The first-order valence-electron chi connectivity index (χ1n) is 8.42. The van der Waals surface area contributed by atoms with Crippen LogP contribution in [0.15, 0.2) is 44.7 Å². The number of hydrogen-bond acceptors (Lipinski definition) is 9. The monoisotopic (exact) mass is 435 g/mol. The fraction of sp³-hybridized carbons (Fsp3) is 0.176. The molecule has 4 aromatic rings. The summed E-state index contributed by atoms with van der Waals surface area (Å²) in [4.78, 5) is 31.3. The van der Waals surface area contributed by atoms with Gasteiger partial charge < -0.3 is 15.2 Å². The fourth-order valence-corrected chi connectivity index (χ4v) is 2.69. The minimum absolute atomic E-state index is 0.0730. The summed E-state index contributed by atoms with van der Waals surface area (Å²) in [6.45, 7) is 0.171. The van der Waals surface area contributed by atoms with Crippen molar-refractivity contribution in [3.63, 3.8) is 0 Å². The number of hydrogen-bond donors (Lipinski definition) is 2. The van der Waals surface area contributed by atoms with Gasteiger partial charge in [0.25, 0.3) is 10.9 Å². The minimum Gasteiger partial charge on any atom is -0.373 e. The van der Waals surface area contributed by atoms with E-state index in [1.807, 2.05) is 0 Å². The molecule has 30 heavy (non-hydrogen) atoms. The van der Waals surface area contributed by atoms with Crippen LogP contribution in [0.5, 0.6) is 0 Å². The van der Waals surface area contributed by atoms with Gasteiger partial charge in [-0.05, 0) is 35.9 Å². The highest BCUT2D eigenvalue weighted by Crippen LogP contribution is 2.32. The highest BCUT2D eigenvalue weighted by atomic mass is 35.5. The third-order valence-corrected chi connectivity index (χ3v) is 4.22. The average Bonchev–Trinajstić information content (AvgIpc) is 3.36. The lowest BCUT2D eigenvalue weighted by Gasteiger charge is -2.14. The standard InChI is InChI=1S/C17H12ClF2N7O3/c1-27-7-22-10(25-27)6-21-11-12(14(29)13(11)28)23-9-4-2-8(3-5-9)15-24-16(30-26-15)17(18,19)20/h2-5,7,21,23H,6H2,1H3. The molecule has 0 saturated carbocycles. The zero-order valence-electron chi connectivity index (χ0n) is 15.2. The van der Waals surface area contributed by atoms with Gasteiger partial charge in [0.1, 0.15) is 17.7 Å². The van der Waals surface area contributed by atoms with Gasteiger partial charge >= 0.3 is 11.3 Å². The molecule has 2 heterocycles. The van der Waals surface area contributed by atoms with Gasteiger partial charge in [0.05, 0.1) is 6.54 Å². The zero-order chi connectivity index (χ0) is 21.5. The predicted molar refractivity (Wildman–Crippen MR) is 102 cm³/mol. The summed E-state index contributed by atoms with van der Waals surface area (Å²) in [5.41, 5.74) is -0.206. The van der Waals surface area contributed by atoms with Gasteiger partial charge in [-0.1, -0.05) is 5.16 Å². The van der Waals surface area contributed by atoms with Gasteiger partial charge in [-0.15, -0.1) is 0 Å². The van der Waals surface area contributed by atoms with E-state index in [0.717, 1.165) is 0 Å². The third kappa shape index (κ3) is 3.76. The van der Waals surface area contributed by atoms with E-state index in [2.05, 4.69) is 35.4 Å². The number of nitrogens with one attached hydrogen (secondary N) is 2. The Morgan fingerprint density at radius 3 is 2.47 bits per heavy atom. The first-order chi connectivity index (χ1) is 14.2. The molecule has 0 radical (unpaired) electrons. The maximum atomic E-state index is 13.0. The summed E-state index contributed by atoms with van der Waals surface area (Å²) in [7, 11) is 1.71. The number of benzene rings is 1. The van der Waals surface area contributed by atoms with Crippen LogP contribution in [0.25, 0.3) is 11.4 Å². The van der Waals surface area contributed by atoms with Crippen molar-refractivity contribution in [2.75, 3.05) is 10.6 Å². The summed E-state index contributed by atoms with van der Waals surface area (Å²) in [6, 6.07) is 6.18. The maximum absolute atomic E-state index is 13.0. The van der Waals surface area contributed by atoms with Crippen molar-refractivity contribution in [3.8, 4) is 11.4 Å². The number of aromatic nitrogens is 5. The van der Waals surface area contributed by atoms with Crippen molar-refractivity contribution >= 4 is 28.7 Å². The molecule has 154 valence electrons. The summed E-state index contributed by atoms with van der Waals surface area (Å²) in [5, 5.41) is 9.48. The summed E-state index contributed by atoms with van der Waals surface area (Å²) >= 11 is 4.85. The molecule has 0 atom stereocenters. The number of halogens is 3. The first kappa shape index (κ1) is 19.6. The Morgan fingerprint density at radius 2 is 1.87 bits per heavy atom. The van der Waals surface area contributed by atoms with E-state index in [-0.39, 0.29) is 23.7 Å². The Morgan fingerprint density at radius 1 is 1.17 bits per heavy atom. The lowest BCUT2D eigenvalue weighted by Crippen LogP contribution is -2.36. The molecular weight excluding hydrogens is 424 g/mol. The van der Waals surface area contributed by atoms with Crippen molar-refractivity contribution < 1.29 is 13.3 Å². The molecule has 13 heteroatoms. The smallest absolute Gasteiger partial charge is 0.373 e. The lowest BCUT2D eigenvalue weighted by atomic mass is 10.1. The molecule has 0 bridgehead atoms. The Labute approximate surface area is 171 Å². The van der Waals surface area contributed by atoms with Crippen LogP contribution in [-0.2, 0) is 19.0 Å². The van der Waals surface area contributed by atoms with E-state index >= 15 is 0 Å². The third-order valence-electron chi connectivity index (χ3n) is 4.06. The van der Waals surface area contributed by atoms with Gasteiger partial charge in [-0.3, -0.25) is 14.3 Å². The summed E-state index contributed by atoms with van der Waals surface area (Å²) in [5.74, 6) is -0.623. The zero-order valence-corrected chi connectivity index (χ0v) is 15.9. The van der Waals surface area contributed by atoms with Gasteiger partial charge in [-0.25, -0.2) is 4.98 Å². The summed E-state index contributed by atoms with van der Waals surface area (Å²) < 4.78 is 31.9. The number of rotatable bonds is 7. The Kier molecular flexibility index (Phi) is 4.78. The molecule has 0 unspecified atom stereocenters. The van der Waals surface area contributed by atoms with Gasteiger partial charge in [-0.2, -0.15) is 18.9 Å². The molecule has 2 aromatic carbocycles. The maximum Gasteiger partial charge on any atom is 0.400 e. The van der Waals surface area contributed by atoms with Crippen LogP contribution >= 0.6 is 11.6 Å². The van der Waals surface area contributed by atoms with Crippen LogP contribution in [0.2, 0.25) is 0 Å². The normalized spacial score (nSPS) is 11.7. The molecule has 0 aliphatic heterocycles. The van der Waals surface area contributed by atoms with Crippen LogP contribution < -0.4 is 21.5 Å². The van der Waals surface area contributed by atoms with Crippen LogP contribution in [-0.4, -0.2) is 24.9 Å². The molecule has 2 N–H and O–H groups in total. The molecule has 0 aliphatic rings. The van der Waals surface area contributed by atoms with E-state index in [1.54, 1.807) is 19.2 Å². The van der Waals surface area contributed by atoms with E-state index < -0.39 is 22.1 Å².